The first kappa shape index (κ1) is 28.1. The van der Waals surface area contributed by atoms with Crippen LogP contribution in [0, 0.1) is 0 Å². The number of nitrogens with one attached hydrogen (secondary N) is 3. The van der Waals surface area contributed by atoms with E-state index < -0.39 is 42.2 Å². The average molecular weight is 602 g/mol. The first-order valence-electron chi connectivity index (χ1n) is 14.4. The van der Waals surface area contributed by atoms with Crippen LogP contribution in [0.25, 0.3) is 22.0 Å². The Hall–Kier alpha value is -4.68. The monoisotopic (exact) mass is 601 g/mol. The molecule has 226 valence electrons. The Labute approximate surface area is 250 Å². The third kappa shape index (κ3) is 4.70. The number of aromatic nitrogens is 2. The number of pyridine rings is 1. The van der Waals surface area contributed by atoms with Gasteiger partial charge in [0.1, 0.15) is 6.04 Å². The quantitative estimate of drug-likeness (QED) is 0.310. The average Bonchev–Trinajstić information content (AvgIpc) is 3.81. The summed E-state index contributed by atoms with van der Waals surface area (Å²) in [6.45, 7) is 2.13. The Bertz CT molecular complexity index is 1770. The number of rotatable bonds is 6. The summed E-state index contributed by atoms with van der Waals surface area (Å²) in [5, 5.41) is 6.47. The van der Waals surface area contributed by atoms with Crippen molar-refractivity contribution in [1.82, 2.24) is 25.5 Å². The van der Waals surface area contributed by atoms with Crippen molar-refractivity contribution in [3.05, 3.63) is 89.4 Å². The summed E-state index contributed by atoms with van der Waals surface area (Å²) in [5.74, 6) is -5.75. The second-order valence-corrected chi connectivity index (χ2v) is 11.3. The Kier molecular flexibility index (Phi) is 6.70. The molecule has 4 heterocycles. The molecule has 0 saturated carbocycles. The van der Waals surface area contributed by atoms with Crippen molar-refractivity contribution < 1.29 is 32.6 Å². The zero-order chi connectivity index (χ0) is 30.6. The number of carbonyl (C=O) groups is 3. The molecule has 7 rings (SSSR count). The third-order valence-corrected chi connectivity index (χ3v) is 8.57. The largest absolute Gasteiger partial charge is 0.357 e. The highest BCUT2D eigenvalue weighted by molar-refractivity contribution is 5.99. The van der Waals surface area contributed by atoms with Gasteiger partial charge in [0.05, 0.1) is 32.3 Å². The summed E-state index contributed by atoms with van der Waals surface area (Å²) in [5.41, 5.74) is 2.17. The van der Waals surface area contributed by atoms with Crippen molar-refractivity contribution in [3.63, 3.8) is 0 Å². The van der Waals surface area contributed by atoms with E-state index in [9.17, 15) is 23.2 Å². The fraction of sp³-hybridized carbons (Fsp3) is 0.312. The first-order valence-corrected chi connectivity index (χ1v) is 14.4. The van der Waals surface area contributed by atoms with Gasteiger partial charge in [0.15, 0.2) is 5.79 Å². The van der Waals surface area contributed by atoms with Gasteiger partial charge in [0.2, 0.25) is 11.8 Å². The summed E-state index contributed by atoms with van der Waals surface area (Å²) >= 11 is 0. The minimum atomic E-state index is -3.16. The lowest BCUT2D eigenvalue weighted by atomic mass is 10.0. The molecule has 4 aromatic rings. The van der Waals surface area contributed by atoms with Crippen molar-refractivity contribution >= 4 is 28.6 Å². The van der Waals surface area contributed by atoms with Gasteiger partial charge in [0.25, 0.3) is 11.8 Å². The van der Waals surface area contributed by atoms with Crippen molar-refractivity contribution in [3.8, 4) is 11.1 Å². The van der Waals surface area contributed by atoms with Crippen LogP contribution in [-0.2, 0) is 25.0 Å². The summed E-state index contributed by atoms with van der Waals surface area (Å²) in [6, 6.07) is 12.6. The van der Waals surface area contributed by atoms with Crippen molar-refractivity contribution in [2.45, 2.75) is 37.1 Å². The van der Waals surface area contributed by atoms with Crippen molar-refractivity contribution in [2.24, 2.45) is 0 Å². The molecule has 10 nitrogen and oxygen atoms in total. The fourth-order valence-electron chi connectivity index (χ4n) is 6.34. The van der Waals surface area contributed by atoms with Crippen LogP contribution in [0.4, 0.5) is 8.78 Å². The van der Waals surface area contributed by atoms with Gasteiger partial charge in [-0.05, 0) is 42.3 Å². The van der Waals surface area contributed by atoms with Gasteiger partial charge in [-0.1, -0.05) is 30.3 Å². The van der Waals surface area contributed by atoms with E-state index >= 15 is 0 Å². The maximum absolute atomic E-state index is 14.9. The van der Waals surface area contributed by atoms with Crippen LogP contribution in [0.3, 0.4) is 0 Å². The van der Waals surface area contributed by atoms with Crippen LogP contribution >= 0.6 is 0 Å². The number of amides is 3. The Balaban J connectivity index is 1.05. The number of nitrogens with zero attached hydrogens (tertiary/aromatic N) is 2. The van der Waals surface area contributed by atoms with Crippen LogP contribution in [-0.4, -0.2) is 70.7 Å². The first-order chi connectivity index (χ1) is 21.1. The highest BCUT2D eigenvalue weighted by Crippen LogP contribution is 2.51. The molecule has 0 radical (unpaired) electrons. The third-order valence-electron chi connectivity index (χ3n) is 8.57. The number of benzene rings is 2. The van der Waals surface area contributed by atoms with E-state index in [1.807, 2.05) is 19.1 Å². The SMILES string of the molecule is CC(NC(=O)[C@@H]1CC2(CN1C(=O)CNC(=O)c1ccc3c(c1)-c1ccccc1C3(F)F)OCCO2)c1cc2cnccc2[nH]1. The van der Waals surface area contributed by atoms with Crippen LogP contribution in [0.5, 0.6) is 0 Å². The van der Waals surface area contributed by atoms with Crippen molar-refractivity contribution in [1.29, 1.82) is 0 Å². The van der Waals surface area contributed by atoms with E-state index in [0.717, 1.165) is 16.6 Å². The number of H-pyrrole nitrogens is 1. The minimum Gasteiger partial charge on any atom is -0.357 e. The van der Waals surface area contributed by atoms with Crippen LogP contribution < -0.4 is 10.6 Å². The van der Waals surface area contributed by atoms with E-state index in [0.29, 0.717) is 18.8 Å². The van der Waals surface area contributed by atoms with Gasteiger partial charge in [-0.3, -0.25) is 19.4 Å². The summed E-state index contributed by atoms with van der Waals surface area (Å²) in [7, 11) is 0. The standard InChI is InChI=1S/C32H29F2N5O5/c1-18(26-13-20-15-35-9-8-25(20)38-26)37-30(42)27-14-31(43-10-11-44-31)17-39(27)28(40)16-36-29(41)19-6-7-24-22(12-19)21-4-2-3-5-23(21)32(24,33)34/h2-9,12-13,15,18,27,38H,10-11,14,16-17H2,1H3,(H,36,41)(H,37,42)/t18?,27-/m0/s1. The maximum Gasteiger partial charge on any atom is 0.299 e. The molecule has 2 aromatic heterocycles. The normalized spacial score (nSPS) is 20.0. The lowest BCUT2D eigenvalue weighted by Crippen LogP contribution is -2.49. The molecule has 0 bridgehead atoms. The van der Waals surface area contributed by atoms with Gasteiger partial charge in [-0.15, -0.1) is 0 Å². The second-order valence-electron chi connectivity index (χ2n) is 11.3. The number of ether oxygens (including phenoxy) is 2. The predicted molar refractivity (Wildman–Crippen MR) is 155 cm³/mol. The number of aromatic amines is 1. The molecule has 1 unspecified atom stereocenters. The molecule has 44 heavy (non-hydrogen) atoms. The molecule has 1 aliphatic carbocycles. The topological polar surface area (TPSA) is 126 Å². The molecule has 1 spiro atoms. The Morgan fingerprint density at radius 1 is 1.07 bits per heavy atom. The number of hydrogen-bond acceptors (Lipinski definition) is 6. The molecule has 2 saturated heterocycles. The van der Waals surface area contributed by atoms with Gasteiger partial charge in [0, 0.05) is 52.1 Å². The highest BCUT2D eigenvalue weighted by Gasteiger charge is 2.52. The van der Waals surface area contributed by atoms with Crippen LogP contribution in [0.15, 0.2) is 67.0 Å². The lowest BCUT2D eigenvalue weighted by Gasteiger charge is -2.25. The number of halogens is 2. The van der Waals surface area contributed by atoms with Crippen LogP contribution in [0.1, 0.15) is 46.6 Å². The highest BCUT2D eigenvalue weighted by atomic mass is 19.3. The molecule has 2 aromatic carbocycles. The van der Waals surface area contributed by atoms with Gasteiger partial charge < -0.3 is 30.0 Å². The molecule has 2 atom stereocenters. The number of carbonyl (C=O) groups excluding carboxylic acids is 3. The smallest absolute Gasteiger partial charge is 0.299 e. The van der Waals surface area contributed by atoms with Gasteiger partial charge >= 0.3 is 0 Å². The number of hydrogen-bond donors (Lipinski definition) is 3. The molecule has 3 amide bonds. The zero-order valence-corrected chi connectivity index (χ0v) is 23.7. The summed E-state index contributed by atoms with van der Waals surface area (Å²) in [6.07, 6.45) is 3.54. The molecule has 2 fully saturated rings. The van der Waals surface area contributed by atoms with Gasteiger partial charge in [-0.2, -0.15) is 8.78 Å². The van der Waals surface area contributed by atoms with Crippen molar-refractivity contribution in [2.75, 3.05) is 26.3 Å². The number of fused-ring (bicyclic) bond motifs is 4. The molecular weight excluding hydrogens is 572 g/mol. The fourth-order valence-corrected chi connectivity index (χ4v) is 6.34. The van der Waals surface area contributed by atoms with E-state index in [1.165, 1.54) is 29.2 Å². The molecule has 12 heteroatoms. The summed E-state index contributed by atoms with van der Waals surface area (Å²) in [4.78, 5) is 48.8. The second kappa shape index (κ2) is 10.5. The number of likely N-dealkylation sites (tertiary alicyclic amines) is 1. The van der Waals surface area contributed by atoms with E-state index in [1.54, 1.807) is 30.6 Å². The van der Waals surface area contributed by atoms with Gasteiger partial charge in [-0.25, -0.2) is 0 Å². The molecule has 2 aliphatic heterocycles. The van der Waals surface area contributed by atoms with E-state index in [-0.39, 0.29) is 41.1 Å². The zero-order valence-electron chi connectivity index (χ0n) is 23.7. The number of alkyl halides is 2. The summed E-state index contributed by atoms with van der Waals surface area (Å²) < 4.78 is 41.5. The minimum absolute atomic E-state index is 0.0247. The van der Waals surface area contributed by atoms with Crippen LogP contribution in [0.2, 0.25) is 0 Å². The van der Waals surface area contributed by atoms with E-state index in [4.69, 9.17) is 9.47 Å². The lowest BCUT2D eigenvalue weighted by molar-refractivity contribution is -0.152. The maximum atomic E-state index is 14.9. The molecule has 3 aliphatic rings. The Morgan fingerprint density at radius 3 is 2.64 bits per heavy atom. The Morgan fingerprint density at radius 2 is 1.84 bits per heavy atom. The predicted octanol–water partition coefficient (Wildman–Crippen LogP) is 3.63. The molecule has 3 N–H and O–H groups in total. The molecular formula is C32H29F2N5O5. The van der Waals surface area contributed by atoms with E-state index in [2.05, 4.69) is 20.6 Å².